The molecule has 3 aromatic heterocycles. The summed E-state index contributed by atoms with van der Waals surface area (Å²) in [4.78, 5) is 42.5. The standard InChI is InChI=1S/C32H36Cl2N6O3S2/c33-22-12-26(44-16-22)27-30(39-14-20-5-8-40(25(20)15-39)24-10-17-1-2-19(24)9-17)45-32(36-27)37-29(41)21-11-23(34)28(35-13-21)38-6-3-18(4-7-38)31(42)43/h11-13,16-20,24-25H,1-10,14-15H2,(H,42,43)(H,36,37,41). The van der Waals surface area contributed by atoms with Crippen molar-refractivity contribution in [2.24, 2.45) is 23.7 Å². The largest absolute Gasteiger partial charge is 0.481 e. The number of thiophene rings is 1. The van der Waals surface area contributed by atoms with Gasteiger partial charge in [0.05, 0.1) is 26.4 Å². The number of aromatic nitrogens is 2. The highest BCUT2D eigenvalue weighted by Gasteiger charge is 2.50. The van der Waals surface area contributed by atoms with Crippen LogP contribution in [-0.4, -0.2) is 76.7 Å². The number of hydrogen-bond donors (Lipinski definition) is 2. The van der Waals surface area contributed by atoms with E-state index in [0.717, 1.165) is 46.5 Å². The molecule has 5 aliphatic rings. The highest BCUT2D eigenvalue weighted by Crippen LogP contribution is 2.51. The Hall–Kier alpha value is -2.44. The van der Waals surface area contributed by atoms with Gasteiger partial charge >= 0.3 is 5.97 Å². The first-order valence-electron chi connectivity index (χ1n) is 16.0. The van der Waals surface area contributed by atoms with Gasteiger partial charge in [0.25, 0.3) is 5.91 Å². The summed E-state index contributed by atoms with van der Waals surface area (Å²) in [5.41, 5.74) is 1.22. The molecule has 2 aliphatic carbocycles. The van der Waals surface area contributed by atoms with Gasteiger partial charge in [-0.05, 0) is 75.0 Å². The van der Waals surface area contributed by atoms with E-state index in [2.05, 4.69) is 20.1 Å². The highest BCUT2D eigenvalue weighted by atomic mass is 35.5. The molecule has 2 bridgehead atoms. The monoisotopic (exact) mass is 686 g/mol. The molecule has 0 spiro atoms. The first kappa shape index (κ1) is 29.9. The molecule has 3 aromatic rings. The van der Waals surface area contributed by atoms with Crippen LogP contribution in [0.5, 0.6) is 0 Å². The van der Waals surface area contributed by atoms with Crippen molar-refractivity contribution >= 4 is 73.7 Å². The second-order valence-electron chi connectivity index (χ2n) is 13.4. The Morgan fingerprint density at radius 2 is 1.80 bits per heavy atom. The maximum atomic E-state index is 13.4. The Bertz CT molecular complexity index is 1620. The van der Waals surface area contributed by atoms with Crippen LogP contribution >= 0.6 is 45.9 Å². The summed E-state index contributed by atoms with van der Waals surface area (Å²) in [7, 11) is 0. The summed E-state index contributed by atoms with van der Waals surface area (Å²) in [6, 6.07) is 4.92. The third-order valence-electron chi connectivity index (χ3n) is 10.9. The number of carboxylic acids is 1. The number of anilines is 3. The topological polar surface area (TPSA) is 102 Å². The van der Waals surface area contributed by atoms with Gasteiger partial charge in [0.1, 0.15) is 16.5 Å². The number of carbonyl (C=O) groups is 2. The normalized spacial score (nSPS) is 28.3. The van der Waals surface area contributed by atoms with Crippen LogP contribution in [0, 0.1) is 23.7 Å². The van der Waals surface area contributed by atoms with Gasteiger partial charge in [-0.15, -0.1) is 11.3 Å². The Balaban J connectivity index is 0.996. The lowest BCUT2D eigenvalue weighted by atomic mass is 9.93. The molecular weight excluding hydrogens is 651 g/mol. The van der Waals surface area contributed by atoms with Crippen LogP contribution in [0.4, 0.5) is 16.0 Å². The van der Waals surface area contributed by atoms with Gasteiger partial charge in [-0.2, -0.15) is 0 Å². The molecule has 0 aromatic carbocycles. The molecule has 3 aliphatic heterocycles. The number of nitrogens with one attached hydrogen (secondary N) is 1. The van der Waals surface area contributed by atoms with Gasteiger partial charge in [-0.25, -0.2) is 9.97 Å². The van der Waals surface area contributed by atoms with Gasteiger partial charge in [-0.1, -0.05) is 41.0 Å². The summed E-state index contributed by atoms with van der Waals surface area (Å²) >= 11 is 16.0. The number of carboxylic acid groups (broad SMARTS) is 1. The Labute approximate surface area is 280 Å². The van der Waals surface area contributed by atoms with Crippen LogP contribution in [0.15, 0.2) is 23.7 Å². The minimum atomic E-state index is -0.762. The minimum absolute atomic E-state index is 0.322. The van der Waals surface area contributed by atoms with Crippen molar-refractivity contribution in [3.05, 3.63) is 39.3 Å². The molecule has 13 heteroatoms. The minimum Gasteiger partial charge on any atom is -0.481 e. The number of aliphatic carboxylic acids is 1. The van der Waals surface area contributed by atoms with E-state index in [9.17, 15) is 14.7 Å². The van der Waals surface area contributed by atoms with Crippen molar-refractivity contribution in [1.29, 1.82) is 0 Å². The van der Waals surface area contributed by atoms with Crippen molar-refractivity contribution in [3.63, 3.8) is 0 Å². The smallest absolute Gasteiger partial charge is 0.306 e. The van der Waals surface area contributed by atoms with Crippen molar-refractivity contribution in [1.82, 2.24) is 14.9 Å². The number of thiazole rings is 1. The number of hydrogen-bond acceptors (Lipinski definition) is 9. The molecule has 9 nitrogen and oxygen atoms in total. The molecule has 0 radical (unpaired) electrons. The van der Waals surface area contributed by atoms with E-state index in [-0.39, 0.29) is 11.8 Å². The summed E-state index contributed by atoms with van der Waals surface area (Å²) in [6.45, 7) is 4.35. The number of halogens is 2. The zero-order chi connectivity index (χ0) is 30.8. The van der Waals surface area contributed by atoms with Crippen LogP contribution in [-0.2, 0) is 4.79 Å². The molecule has 6 heterocycles. The first-order chi connectivity index (χ1) is 21.8. The van der Waals surface area contributed by atoms with Crippen LogP contribution < -0.4 is 15.1 Å². The average molecular weight is 688 g/mol. The van der Waals surface area contributed by atoms with Crippen LogP contribution in [0.25, 0.3) is 10.6 Å². The first-order valence-corrected chi connectivity index (χ1v) is 18.5. The third kappa shape index (κ3) is 5.62. The van der Waals surface area contributed by atoms with E-state index in [1.165, 1.54) is 56.2 Å². The fourth-order valence-corrected chi connectivity index (χ4v) is 11.1. The molecule has 2 N–H and O–H groups in total. The Kier molecular flexibility index (Phi) is 7.96. The third-order valence-corrected chi connectivity index (χ3v) is 13.5. The summed E-state index contributed by atoms with van der Waals surface area (Å²) in [6.07, 6.45) is 9.50. The molecule has 5 fully saturated rings. The molecular formula is C32H36Cl2N6O3S2. The number of carbonyl (C=O) groups excluding carboxylic acids is 1. The number of nitrogens with zero attached hydrogens (tertiary/aromatic N) is 5. The van der Waals surface area contributed by atoms with Crippen molar-refractivity contribution in [3.8, 4) is 10.6 Å². The Morgan fingerprint density at radius 3 is 2.49 bits per heavy atom. The number of piperidine rings is 1. The number of pyridine rings is 1. The molecule has 1 amide bonds. The Morgan fingerprint density at radius 1 is 0.956 bits per heavy atom. The molecule has 238 valence electrons. The lowest BCUT2D eigenvalue weighted by Crippen LogP contribution is -2.45. The summed E-state index contributed by atoms with van der Waals surface area (Å²) < 4.78 is 0. The average Bonchev–Trinajstić information content (AvgIpc) is 3.87. The molecule has 5 atom stereocenters. The summed E-state index contributed by atoms with van der Waals surface area (Å²) in [5.74, 6) is 1.63. The summed E-state index contributed by atoms with van der Waals surface area (Å²) in [5, 5.41) is 16.9. The van der Waals surface area contributed by atoms with Gasteiger partial charge < -0.3 is 14.9 Å². The van der Waals surface area contributed by atoms with Crippen LogP contribution in [0.2, 0.25) is 10.0 Å². The lowest BCUT2D eigenvalue weighted by Gasteiger charge is -2.35. The molecule has 3 saturated heterocycles. The maximum absolute atomic E-state index is 13.4. The fourth-order valence-electron chi connectivity index (χ4n) is 8.66. The van der Waals surface area contributed by atoms with Crippen molar-refractivity contribution in [2.75, 3.05) is 47.8 Å². The lowest BCUT2D eigenvalue weighted by molar-refractivity contribution is -0.142. The maximum Gasteiger partial charge on any atom is 0.306 e. The van der Waals surface area contributed by atoms with E-state index in [4.69, 9.17) is 28.2 Å². The predicted octanol–water partition coefficient (Wildman–Crippen LogP) is 6.83. The van der Waals surface area contributed by atoms with Crippen molar-refractivity contribution in [2.45, 2.75) is 57.0 Å². The second kappa shape index (κ2) is 12.0. The van der Waals surface area contributed by atoms with E-state index >= 15 is 0 Å². The second-order valence-corrected chi connectivity index (χ2v) is 16.1. The van der Waals surface area contributed by atoms with Gasteiger partial charge in [0, 0.05) is 49.8 Å². The highest BCUT2D eigenvalue weighted by molar-refractivity contribution is 7.21. The van der Waals surface area contributed by atoms with Crippen molar-refractivity contribution < 1.29 is 14.7 Å². The van der Waals surface area contributed by atoms with Gasteiger partial charge in [0.2, 0.25) is 0 Å². The predicted molar refractivity (Wildman–Crippen MR) is 180 cm³/mol. The SMILES string of the molecule is O=C(Nc1nc(-c2cc(Cl)cs2)c(N2CC3CCN(C4CC5CCC4C5)C3C2)s1)c1cnc(N2CCC(C(=O)O)CC2)c(Cl)c1. The van der Waals surface area contributed by atoms with E-state index in [1.807, 2.05) is 16.3 Å². The van der Waals surface area contributed by atoms with Crippen LogP contribution in [0.1, 0.15) is 55.3 Å². The number of amides is 1. The number of likely N-dealkylation sites (tertiary alicyclic amines) is 1. The number of fused-ring (bicyclic) bond motifs is 3. The van der Waals surface area contributed by atoms with Crippen LogP contribution in [0.3, 0.4) is 0 Å². The zero-order valence-corrected chi connectivity index (χ0v) is 28.0. The molecule has 45 heavy (non-hydrogen) atoms. The van der Waals surface area contributed by atoms with E-state index < -0.39 is 5.97 Å². The molecule has 8 rings (SSSR count). The molecule has 5 unspecified atom stereocenters. The number of rotatable bonds is 7. The quantitative estimate of drug-likeness (QED) is 0.279. The molecule has 2 saturated carbocycles. The fraction of sp³-hybridized carbons (Fsp3) is 0.562. The van der Waals surface area contributed by atoms with Gasteiger partial charge in [0.15, 0.2) is 5.13 Å². The van der Waals surface area contributed by atoms with Gasteiger partial charge in [-0.3, -0.25) is 19.8 Å². The zero-order valence-electron chi connectivity index (χ0n) is 24.8. The van der Waals surface area contributed by atoms with E-state index in [0.29, 0.717) is 64.4 Å². The van der Waals surface area contributed by atoms with E-state index in [1.54, 1.807) is 17.4 Å².